The van der Waals surface area contributed by atoms with E-state index in [-0.39, 0.29) is 17.6 Å². The summed E-state index contributed by atoms with van der Waals surface area (Å²) < 4.78 is 5.82. The van der Waals surface area contributed by atoms with Crippen LogP contribution in [0.25, 0.3) is 0 Å². The molecule has 0 saturated heterocycles. The zero-order chi connectivity index (χ0) is 24.2. The molecule has 1 unspecified atom stereocenters. The minimum atomic E-state index is -0.723. The van der Waals surface area contributed by atoms with Gasteiger partial charge in [-0.2, -0.15) is 0 Å². The van der Waals surface area contributed by atoms with Crippen molar-refractivity contribution in [2.45, 2.75) is 19.0 Å². The number of phenolic OH excluding ortho intramolecular Hbond substituents is 1. The van der Waals surface area contributed by atoms with E-state index >= 15 is 0 Å². The van der Waals surface area contributed by atoms with E-state index in [0.717, 1.165) is 16.9 Å². The fourth-order valence-corrected chi connectivity index (χ4v) is 4.18. The summed E-state index contributed by atoms with van der Waals surface area (Å²) in [4.78, 5) is 28.2. The number of benzene rings is 4. The predicted molar refractivity (Wildman–Crippen MR) is 134 cm³/mol. The van der Waals surface area contributed by atoms with Crippen LogP contribution in [-0.2, 0) is 17.8 Å². The molecule has 5 rings (SSSR count). The Kier molecular flexibility index (Phi) is 6.18. The molecule has 0 spiro atoms. The second-order valence-corrected chi connectivity index (χ2v) is 8.41. The van der Waals surface area contributed by atoms with Crippen molar-refractivity contribution in [2.75, 3.05) is 5.32 Å². The van der Waals surface area contributed by atoms with Crippen LogP contribution in [0.1, 0.15) is 21.5 Å². The molecule has 6 heteroatoms. The number of amides is 2. The molecule has 4 aromatic carbocycles. The molecule has 2 amide bonds. The molecule has 0 saturated carbocycles. The van der Waals surface area contributed by atoms with Crippen molar-refractivity contribution in [3.63, 3.8) is 0 Å². The lowest BCUT2D eigenvalue weighted by atomic mass is 10.0. The first-order valence-electron chi connectivity index (χ1n) is 11.4. The number of anilines is 1. The van der Waals surface area contributed by atoms with Crippen molar-refractivity contribution in [3.05, 3.63) is 120 Å². The zero-order valence-electron chi connectivity index (χ0n) is 18.9. The van der Waals surface area contributed by atoms with Gasteiger partial charge in [0.25, 0.3) is 5.91 Å². The number of ether oxygens (including phenoxy) is 1. The lowest BCUT2D eigenvalue weighted by molar-refractivity contribution is -0.120. The summed E-state index contributed by atoms with van der Waals surface area (Å²) >= 11 is 0. The first kappa shape index (κ1) is 22.2. The SMILES string of the molecule is O=C(Nc1ccc(Oc2ccccc2)cc1)C(Cc1ccc(O)cc1)N1Cc2ccccc2C1=O. The third kappa shape index (κ3) is 5.01. The summed E-state index contributed by atoms with van der Waals surface area (Å²) in [5.41, 5.74) is 2.98. The lowest BCUT2D eigenvalue weighted by Gasteiger charge is -2.27. The molecule has 35 heavy (non-hydrogen) atoms. The maximum atomic E-state index is 13.5. The van der Waals surface area contributed by atoms with Gasteiger partial charge in [-0.3, -0.25) is 9.59 Å². The summed E-state index contributed by atoms with van der Waals surface area (Å²) in [5, 5.41) is 12.6. The molecule has 0 bridgehead atoms. The molecular formula is C29H24N2O4. The second kappa shape index (κ2) is 9.73. The summed E-state index contributed by atoms with van der Waals surface area (Å²) in [6.07, 6.45) is 0.320. The number of nitrogens with one attached hydrogen (secondary N) is 1. The Morgan fingerprint density at radius 1 is 0.857 bits per heavy atom. The van der Waals surface area contributed by atoms with Gasteiger partial charge in [-0.05, 0) is 65.7 Å². The number of rotatable bonds is 7. The zero-order valence-corrected chi connectivity index (χ0v) is 18.9. The standard InChI is InChI=1S/C29H24N2O4/c32-23-14-10-20(11-15-23)18-27(31-19-21-6-4-5-9-26(21)29(31)34)28(33)30-22-12-16-25(17-13-22)35-24-7-2-1-3-8-24/h1-17,27,32H,18-19H2,(H,30,33). The molecule has 0 aliphatic carbocycles. The normalized spacial score (nSPS) is 13.3. The van der Waals surface area contributed by atoms with E-state index in [1.807, 2.05) is 48.5 Å². The molecule has 0 aromatic heterocycles. The average Bonchev–Trinajstić information content (AvgIpc) is 3.21. The highest BCUT2D eigenvalue weighted by atomic mass is 16.5. The Morgan fingerprint density at radius 3 is 2.23 bits per heavy atom. The van der Waals surface area contributed by atoms with Crippen molar-refractivity contribution in [1.29, 1.82) is 0 Å². The number of aromatic hydroxyl groups is 1. The molecule has 0 radical (unpaired) electrons. The minimum Gasteiger partial charge on any atom is -0.508 e. The fourth-order valence-electron chi connectivity index (χ4n) is 4.18. The van der Waals surface area contributed by atoms with Crippen LogP contribution in [0.2, 0.25) is 0 Å². The number of nitrogens with zero attached hydrogens (tertiary/aromatic N) is 1. The first-order valence-corrected chi connectivity index (χ1v) is 11.4. The van der Waals surface area contributed by atoms with Crippen molar-refractivity contribution < 1.29 is 19.4 Å². The van der Waals surface area contributed by atoms with Gasteiger partial charge in [0, 0.05) is 24.2 Å². The molecule has 1 heterocycles. The molecule has 1 aliphatic rings. The van der Waals surface area contributed by atoms with Gasteiger partial charge >= 0.3 is 0 Å². The van der Waals surface area contributed by atoms with E-state index in [1.165, 1.54) is 0 Å². The number of fused-ring (bicyclic) bond motifs is 1. The number of phenols is 1. The average molecular weight is 465 g/mol. The van der Waals surface area contributed by atoms with Gasteiger partial charge in [0.1, 0.15) is 23.3 Å². The van der Waals surface area contributed by atoms with E-state index < -0.39 is 6.04 Å². The first-order chi connectivity index (χ1) is 17.1. The second-order valence-electron chi connectivity index (χ2n) is 8.41. The molecule has 1 atom stereocenters. The van der Waals surface area contributed by atoms with Gasteiger partial charge in [0.15, 0.2) is 0 Å². The highest BCUT2D eigenvalue weighted by Gasteiger charge is 2.36. The van der Waals surface area contributed by atoms with Crippen LogP contribution in [-0.4, -0.2) is 27.9 Å². The summed E-state index contributed by atoms with van der Waals surface area (Å²) in [6, 6.07) is 30.0. The summed E-state index contributed by atoms with van der Waals surface area (Å²) in [5.74, 6) is 1.09. The maximum Gasteiger partial charge on any atom is 0.255 e. The third-order valence-corrected chi connectivity index (χ3v) is 5.99. The number of carbonyl (C=O) groups excluding carboxylic acids is 2. The third-order valence-electron chi connectivity index (χ3n) is 5.99. The largest absolute Gasteiger partial charge is 0.508 e. The van der Waals surface area contributed by atoms with Crippen LogP contribution in [0.4, 0.5) is 5.69 Å². The van der Waals surface area contributed by atoms with Crippen molar-refractivity contribution >= 4 is 17.5 Å². The minimum absolute atomic E-state index is 0.150. The molecule has 4 aromatic rings. The van der Waals surface area contributed by atoms with Gasteiger partial charge in [-0.25, -0.2) is 0 Å². The molecular weight excluding hydrogens is 440 g/mol. The Balaban J connectivity index is 1.35. The highest BCUT2D eigenvalue weighted by Crippen LogP contribution is 2.28. The summed E-state index contributed by atoms with van der Waals surface area (Å²) in [6.45, 7) is 0.370. The van der Waals surface area contributed by atoms with Crippen molar-refractivity contribution in [3.8, 4) is 17.2 Å². The van der Waals surface area contributed by atoms with E-state index in [4.69, 9.17) is 4.74 Å². The monoisotopic (exact) mass is 464 g/mol. The van der Waals surface area contributed by atoms with Gasteiger partial charge < -0.3 is 20.1 Å². The van der Waals surface area contributed by atoms with Crippen LogP contribution >= 0.6 is 0 Å². The van der Waals surface area contributed by atoms with Crippen molar-refractivity contribution in [1.82, 2.24) is 4.90 Å². The number of hydrogen-bond donors (Lipinski definition) is 2. The predicted octanol–water partition coefficient (Wildman–Crippen LogP) is 5.39. The Morgan fingerprint density at radius 2 is 1.51 bits per heavy atom. The molecule has 0 fully saturated rings. The van der Waals surface area contributed by atoms with E-state index in [9.17, 15) is 14.7 Å². The Bertz CT molecular complexity index is 1340. The number of para-hydroxylation sites is 1. The Labute approximate surface area is 203 Å². The number of hydrogen-bond acceptors (Lipinski definition) is 4. The van der Waals surface area contributed by atoms with Crippen LogP contribution in [0.5, 0.6) is 17.2 Å². The van der Waals surface area contributed by atoms with Crippen LogP contribution in [0.15, 0.2) is 103 Å². The van der Waals surface area contributed by atoms with Gasteiger partial charge in [-0.1, -0.05) is 48.5 Å². The molecule has 2 N–H and O–H groups in total. The van der Waals surface area contributed by atoms with E-state index in [0.29, 0.717) is 30.0 Å². The van der Waals surface area contributed by atoms with Gasteiger partial charge in [-0.15, -0.1) is 0 Å². The quantitative estimate of drug-likeness (QED) is 0.384. The topological polar surface area (TPSA) is 78.9 Å². The van der Waals surface area contributed by atoms with Crippen molar-refractivity contribution in [2.24, 2.45) is 0 Å². The van der Waals surface area contributed by atoms with Gasteiger partial charge in [0.05, 0.1) is 0 Å². The molecule has 1 aliphatic heterocycles. The van der Waals surface area contributed by atoms with E-state index in [2.05, 4.69) is 5.32 Å². The maximum absolute atomic E-state index is 13.5. The highest BCUT2D eigenvalue weighted by molar-refractivity contribution is 6.03. The smallest absolute Gasteiger partial charge is 0.255 e. The molecule has 6 nitrogen and oxygen atoms in total. The van der Waals surface area contributed by atoms with Crippen LogP contribution in [0.3, 0.4) is 0 Å². The number of carbonyl (C=O) groups is 2. The summed E-state index contributed by atoms with van der Waals surface area (Å²) in [7, 11) is 0. The van der Waals surface area contributed by atoms with E-state index in [1.54, 1.807) is 59.5 Å². The van der Waals surface area contributed by atoms with Gasteiger partial charge in [0.2, 0.25) is 5.91 Å². The molecule has 174 valence electrons. The fraction of sp³-hybridized carbons (Fsp3) is 0.103. The lowest BCUT2D eigenvalue weighted by Crippen LogP contribution is -2.45. The van der Waals surface area contributed by atoms with Crippen LogP contribution in [0, 0.1) is 0 Å². The van der Waals surface area contributed by atoms with Crippen LogP contribution < -0.4 is 10.1 Å². The Hall–Kier alpha value is -4.58.